The van der Waals surface area contributed by atoms with Crippen LogP contribution in [-0.4, -0.2) is 10.9 Å². The lowest BCUT2D eigenvalue weighted by molar-refractivity contribution is -0.137. The number of amides is 1. The summed E-state index contributed by atoms with van der Waals surface area (Å²) in [7, 11) is 0. The lowest BCUT2D eigenvalue weighted by Gasteiger charge is -2.08. The van der Waals surface area contributed by atoms with Crippen LogP contribution in [0, 0.1) is 0 Å². The molecular weight excluding hydrogens is 277 g/mol. The predicted octanol–water partition coefficient (Wildman–Crippen LogP) is 3.34. The number of aromatic nitrogens is 1. The van der Waals surface area contributed by atoms with E-state index in [1.54, 1.807) is 5.38 Å². The van der Waals surface area contributed by atoms with Gasteiger partial charge in [-0.1, -0.05) is 18.2 Å². The average molecular weight is 286 g/mol. The van der Waals surface area contributed by atoms with Gasteiger partial charge in [0.05, 0.1) is 12.0 Å². The number of carbonyl (C=O) groups excluding carboxylic acids is 1. The number of carbonyl (C=O) groups is 1. The first kappa shape index (κ1) is 13.5. The number of nitrogens with zero attached hydrogens (tertiary/aromatic N) is 1. The topological polar surface area (TPSA) is 42.0 Å². The largest absolute Gasteiger partial charge is 0.416 e. The monoisotopic (exact) mass is 286 g/mol. The summed E-state index contributed by atoms with van der Waals surface area (Å²) in [6.07, 6.45) is -2.99. The van der Waals surface area contributed by atoms with Gasteiger partial charge in [-0.25, -0.2) is 4.98 Å². The van der Waals surface area contributed by atoms with Gasteiger partial charge in [-0.15, -0.1) is 11.3 Å². The molecule has 0 saturated heterocycles. The van der Waals surface area contributed by atoms with Crippen LogP contribution in [0.15, 0.2) is 35.8 Å². The highest BCUT2D eigenvalue weighted by Crippen LogP contribution is 2.29. The number of nitrogens with one attached hydrogen (secondary N) is 1. The van der Waals surface area contributed by atoms with E-state index in [0.717, 1.165) is 12.1 Å². The zero-order valence-corrected chi connectivity index (χ0v) is 10.4. The van der Waals surface area contributed by atoms with Gasteiger partial charge in [0.15, 0.2) is 5.13 Å². The smallest absolute Gasteiger partial charge is 0.302 e. The summed E-state index contributed by atoms with van der Waals surface area (Å²) in [5, 5.41) is 4.64. The summed E-state index contributed by atoms with van der Waals surface area (Å²) in [5.41, 5.74) is -0.448. The number of thiazole rings is 1. The molecule has 1 aromatic heterocycles. The van der Waals surface area contributed by atoms with E-state index in [-0.39, 0.29) is 6.42 Å². The Morgan fingerprint density at radius 1 is 1.37 bits per heavy atom. The van der Waals surface area contributed by atoms with Gasteiger partial charge < -0.3 is 5.32 Å². The first-order valence-corrected chi connectivity index (χ1v) is 6.18. The molecule has 1 N–H and O–H groups in total. The quantitative estimate of drug-likeness (QED) is 0.940. The van der Waals surface area contributed by atoms with Gasteiger partial charge >= 0.3 is 6.18 Å². The van der Waals surface area contributed by atoms with E-state index in [1.807, 2.05) is 0 Å². The maximum Gasteiger partial charge on any atom is 0.416 e. The third kappa shape index (κ3) is 3.78. The second kappa shape index (κ2) is 5.40. The van der Waals surface area contributed by atoms with E-state index in [4.69, 9.17) is 0 Å². The zero-order valence-electron chi connectivity index (χ0n) is 9.57. The predicted molar refractivity (Wildman–Crippen MR) is 65.9 cm³/mol. The van der Waals surface area contributed by atoms with Gasteiger partial charge in [-0.2, -0.15) is 13.2 Å². The average Bonchev–Trinajstić information content (AvgIpc) is 2.80. The van der Waals surface area contributed by atoms with E-state index >= 15 is 0 Å². The second-order valence-electron chi connectivity index (χ2n) is 3.76. The van der Waals surface area contributed by atoms with Crippen molar-refractivity contribution in [2.75, 3.05) is 5.32 Å². The molecule has 0 bridgehead atoms. The van der Waals surface area contributed by atoms with E-state index in [9.17, 15) is 18.0 Å². The molecule has 100 valence electrons. The summed E-state index contributed by atoms with van der Waals surface area (Å²) >= 11 is 1.25. The van der Waals surface area contributed by atoms with Crippen LogP contribution in [0.25, 0.3) is 0 Å². The van der Waals surface area contributed by atoms with Crippen molar-refractivity contribution >= 4 is 22.4 Å². The molecule has 0 spiro atoms. The van der Waals surface area contributed by atoms with Crippen molar-refractivity contribution in [3.8, 4) is 0 Å². The maximum atomic E-state index is 12.5. The number of halogens is 3. The highest BCUT2D eigenvalue weighted by molar-refractivity contribution is 7.13. The Kier molecular flexibility index (Phi) is 3.84. The second-order valence-corrected chi connectivity index (χ2v) is 4.65. The van der Waals surface area contributed by atoms with Crippen molar-refractivity contribution in [3.63, 3.8) is 0 Å². The molecule has 0 aliphatic carbocycles. The van der Waals surface area contributed by atoms with E-state index in [0.29, 0.717) is 10.7 Å². The molecule has 1 heterocycles. The van der Waals surface area contributed by atoms with Crippen LogP contribution in [0.5, 0.6) is 0 Å². The third-order valence-corrected chi connectivity index (χ3v) is 2.99. The number of hydrogen-bond donors (Lipinski definition) is 1. The molecule has 19 heavy (non-hydrogen) atoms. The molecule has 0 aliphatic heterocycles. The fourth-order valence-electron chi connectivity index (χ4n) is 1.49. The van der Waals surface area contributed by atoms with Crippen molar-refractivity contribution in [1.29, 1.82) is 0 Å². The summed E-state index contributed by atoms with van der Waals surface area (Å²) in [5.74, 6) is -0.394. The zero-order chi connectivity index (χ0) is 13.9. The summed E-state index contributed by atoms with van der Waals surface area (Å²) < 4.78 is 37.5. The molecule has 0 saturated carbocycles. The molecule has 2 aromatic rings. The maximum absolute atomic E-state index is 12.5. The van der Waals surface area contributed by atoms with Crippen LogP contribution in [0.2, 0.25) is 0 Å². The molecule has 1 amide bonds. The number of anilines is 1. The standard InChI is InChI=1S/C12H9F3N2OS/c13-12(14,15)9-3-1-2-8(6-9)7-10(18)17-11-16-4-5-19-11/h1-6H,7H2,(H,16,17,18). The molecule has 0 radical (unpaired) electrons. The SMILES string of the molecule is O=C(Cc1cccc(C(F)(F)F)c1)Nc1nccs1. The minimum Gasteiger partial charge on any atom is -0.302 e. The Morgan fingerprint density at radius 2 is 2.16 bits per heavy atom. The molecule has 0 aliphatic rings. The van der Waals surface area contributed by atoms with Crippen LogP contribution >= 0.6 is 11.3 Å². The molecule has 0 atom stereocenters. The first-order valence-electron chi connectivity index (χ1n) is 5.30. The Labute approximate surface area is 111 Å². The van der Waals surface area contributed by atoms with Gasteiger partial charge in [0.2, 0.25) is 5.91 Å². The lowest BCUT2D eigenvalue weighted by atomic mass is 10.1. The van der Waals surface area contributed by atoms with Crippen molar-refractivity contribution in [3.05, 3.63) is 47.0 Å². The fourth-order valence-corrected chi connectivity index (χ4v) is 2.04. The van der Waals surface area contributed by atoms with Crippen LogP contribution in [-0.2, 0) is 17.4 Å². The van der Waals surface area contributed by atoms with Crippen LogP contribution in [0.3, 0.4) is 0 Å². The van der Waals surface area contributed by atoms with E-state index in [1.165, 1.54) is 29.7 Å². The number of hydrogen-bond acceptors (Lipinski definition) is 3. The number of rotatable bonds is 3. The van der Waals surface area contributed by atoms with Gasteiger partial charge in [0, 0.05) is 11.6 Å². The van der Waals surface area contributed by atoms with Crippen molar-refractivity contribution in [1.82, 2.24) is 4.98 Å². The minimum atomic E-state index is -4.40. The van der Waals surface area contributed by atoms with E-state index < -0.39 is 17.6 Å². The molecule has 2 rings (SSSR count). The summed E-state index contributed by atoms with van der Waals surface area (Å²) in [6.45, 7) is 0. The Morgan fingerprint density at radius 3 is 2.79 bits per heavy atom. The summed E-state index contributed by atoms with van der Waals surface area (Å²) in [6, 6.07) is 4.72. The lowest BCUT2D eigenvalue weighted by Crippen LogP contribution is -2.15. The van der Waals surface area contributed by atoms with Gasteiger partial charge in [-0.05, 0) is 11.6 Å². The van der Waals surface area contributed by atoms with Crippen LogP contribution in [0.1, 0.15) is 11.1 Å². The molecule has 3 nitrogen and oxygen atoms in total. The molecule has 0 fully saturated rings. The van der Waals surface area contributed by atoms with Gasteiger partial charge in [0.1, 0.15) is 0 Å². The highest BCUT2D eigenvalue weighted by atomic mass is 32.1. The normalized spacial score (nSPS) is 11.3. The third-order valence-electron chi connectivity index (χ3n) is 2.30. The highest BCUT2D eigenvalue weighted by Gasteiger charge is 2.30. The first-order chi connectivity index (χ1) is 8.95. The van der Waals surface area contributed by atoms with Crippen LogP contribution in [0.4, 0.5) is 18.3 Å². The Bertz CT molecular complexity index is 567. The Balaban J connectivity index is 2.05. The van der Waals surface area contributed by atoms with Crippen LogP contribution < -0.4 is 5.32 Å². The number of benzene rings is 1. The van der Waals surface area contributed by atoms with Gasteiger partial charge in [-0.3, -0.25) is 4.79 Å². The Hall–Kier alpha value is -1.89. The number of alkyl halides is 3. The molecule has 7 heteroatoms. The van der Waals surface area contributed by atoms with E-state index in [2.05, 4.69) is 10.3 Å². The summed E-state index contributed by atoms with van der Waals surface area (Å²) in [4.78, 5) is 15.5. The van der Waals surface area contributed by atoms with Gasteiger partial charge in [0.25, 0.3) is 0 Å². The molecule has 0 unspecified atom stereocenters. The fraction of sp³-hybridized carbons (Fsp3) is 0.167. The minimum absolute atomic E-state index is 0.122. The van der Waals surface area contributed by atoms with Crippen molar-refractivity contribution in [2.24, 2.45) is 0 Å². The van der Waals surface area contributed by atoms with Crippen molar-refractivity contribution in [2.45, 2.75) is 12.6 Å². The molecular formula is C12H9F3N2OS. The van der Waals surface area contributed by atoms with Crippen molar-refractivity contribution < 1.29 is 18.0 Å². The molecule has 1 aromatic carbocycles.